The summed E-state index contributed by atoms with van der Waals surface area (Å²) in [5, 5.41) is 6.79. The molecule has 10 heteroatoms. The maximum absolute atomic E-state index is 13.6. The average molecular weight is 482 g/mol. The van der Waals surface area contributed by atoms with Crippen LogP contribution in [0.4, 0.5) is 23.7 Å². The van der Waals surface area contributed by atoms with E-state index in [1.165, 1.54) is 12.3 Å². The summed E-state index contributed by atoms with van der Waals surface area (Å²) in [7, 11) is 0. The Hall–Kier alpha value is -4.34. The molecule has 0 unspecified atom stereocenters. The third-order valence-corrected chi connectivity index (χ3v) is 5.12. The van der Waals surface area contributed by atoms with Crippen LogP contribution < -0.4 is 10.7 Å². The molecule has 0 saturated heterocycles. The van der Waals surface area contributed by atoms with Gasteiger partial charge in [-0.1, -0.05) is 12.1 Å². The predicted octanol–water partition coefficient (Wildman–Crippen LogP) is 4.68. The number of amides is 1. The second kappa shape index (κ2) is 10.7. The average Bonchev–Trinajstić information content (AvgIpc) is 3.35. The number of halogens is 3. The highest BCUT2D eigenvalue weighted by Crippen LogP contribution is 2.17. The molecule has 4 aromatic rings. The third-order valence-electron chi connectivity index (χ3n) is 5.12. The second-order valence-corrected chi connectivity index (χ2v) is 7.71. The standard InChI is InChI=1S/C25H21F3N4O3/c26-20-15-19(16-21(27)24(20)28)32-11-7-23(33)22(30-32)14-17-5-3-6-18(13-17)29-25(34)35-12-4-10-31-8-1-2-9-31/h1-3,5-9,11,13,15-16H,4,10,12,14H2,(H,29,34). The summed E-state index contributed by atoms with van der Waals surface area (Å²) in [6.45, 7) is 0.982. The van der Waals surface area contributed by atoms with E-state index in [4.69, 9.17) is 4.74 Å². The Kier molecular flexibility index (Phi) is 7.30. The number of aromatic nitrogens is 3. The van der Waals surface area contributed by atoms with Gasteiger partial charge in [0, 0.05) is 55.4 Å². The minimum atomic E-state index is -1.58. The molecule has 7 nitrogen and oxygen atoms in total. The number of rotatable bonds is 8. The van der Waals surface area contributed by atoms with E-state index in [9.17, 15) is 22.8 Å². The largest absolute Gasteiger partial charge is 0.449 e. The molecule has 4 rings (SSSR count). The quantitative estimate of drug-likeness (QED) is 0.292. The van der Waals surface area contributed by atoms with Crippen LogP contribution in [-0.4, -0.2) is 27.0 Å². The Morgan fingerprint density at radius 1 is 0.971 bits per heavy atom. The number of hydrogen-bond donors (Lipinski definition) is 1. The number of carbonyl (C=O) groups excluding carboxylic acids is 1. The zero-order chi connectivity index (χ0) is 24.8. The number of hydrogen-bond acceptors (Lipinski definition) is 4. The Balaban J connectivity index is 1.40. The maximum atomic E-state index is 13.6. The van der Waals surface area contributed by atoms with Crippen molar-refractivity contribution in [3.8, 4) is 5.69 Å². The number of carbonyl (C=O) groups is 1. The smallest absolute Gasteiger partial charge is 0.411 e. The van der Waals surface area contributed by atoms with E-state index in [-0.39, 0.29) is 29.8 Å². The van der Waals surface area contributed by atoms with Gasteiger partial charge in [0.05, 0.1) is 12.3 Å². The van der Waals surface area contributed by atoms with Gasteiger partial charge in [-0.15, -0.1) is 0 Å². The van der Waals surface area contributed by atoms with Crippen LogP contribution in [0, 0.1) is 17.5 Å². The molecule has 1 N–H and O–H groups in total. The van der Waals surface area contributed by atoms with Crippen LogP contribution in [0.1, 0.15) is 17.7 Å². The lowest BCUT2D eigenvalue weighted by Crippen LogP contribution is -2.17. The summed E-state index contributed by atoms with van der Waals surface area (Å²) >= 11 is 0. The molecule has 0 fully saturated rings. The Morgan fingerprint density at radius 2 is 1.71 bits per heavy atom. The minimum Gasteiger partial charge on any atom is -0.449 e. The molecule has 0 atom stereocenters. The molecule has 2 aromatic heterocycles. The Bertz CT molecular complexity index is 1360. The molecular formula is C25H21F3N4O3. The van der Waals surface area contributed by atoms with E-state index in [0.717, 1.165) is 23.4 Å². The fourth-order valence-electron chi connectivity index (χ4n) is 3.43. The fourth-order valence-corrected chi connectivity index (χ4v) is 3.43. The van der Waals surface area contributed by atoms with E-state index >= 15 is 0 Å². The molecule has 35 heavy (non-hydrogen) atoms. The van der Waals surface area contributed by atoms with Crippen molar-refractivity contribution in [3.63, 3.8) is 0 Å². The van der Waals surface area contributed by atoms with Gasteiger partial charge in [0.25, 0.3) is 0 Å². The van der Waals surface area contributed by atoms with E-state index in [1.54, 1.807) is 24.3 Å². The molecular weight excluding hydrogens is 461 g/mol. The van der Waals surface area contributed by atoms with Crippen molar-refractivity contribution < 1.29 is 22.7 Å². The number of aryl methyl sites for hydroxylation is 1. The first kappa shape index (κ1) is 23.8. The number of nitrogens with one attached hydrogen (secondary N) is 1. The molecule has 0 spiro atoms. The van der Waals surface area contributed by atoms with Crippen LogP contribution in [0.15, 0.2) is 78.0 Å². The SMILES string of the molecule is O=C(Nc1cccc(Cc2nn(-c3cc(F)c(F)c(F)c3)ccc2=O)c1)OCCCn1cccc1. The summed E-state index contributed by atoms with van der Waals surface area (Å²) < 4.78 is 48.7. The zero-order valence-corrected chi connectivity index (χ0v) is 18.5. The van der Waals surface area contributed by atoms with Gasteiger partial charge in [0.1, 0.15) is 5.69 Å². The van der Waals surface area contributed by atoms with Gasteiger partial charge in [-0.05, 0) is 36.2 Å². The predicted molar refractivity (Wildman–Crippen MR) is 123 cm³/mol. The first-order valence-electron chi connectivity index (χ1n) is 10.8. The monoisotopic (exact) mass is 482 g/mol. The molecule has 2 aromatic carbocycles. The van der Waals surface area contributed by atoms with Crippen LogP contribution in [0.25, 0.3) is 5.69 Å². The molecule has 0 aliphatic heterocycles. The number of benzene rings is 2. The summed E-state index contributed by atoms with van der Waals surface area (Å²) in [6, 6.07) is 13.4. The van der Waals surface area contributed by atoms with E-state index in [0.29, 0.717) is 17.7 Å². The summed E-state index contributed by atoms with van der Waals surface area (Å²) in [5.41, 5.74) is 0.774. The topological polar surface area (TPSA) is 78.2 Å². The molecule has 1 amide bonds. The molecule has 0 aliphatic carbocycles. The fraction of sp³-hybridized carbons (Fsp3) is 0.160. The van der Waals surface area contributed by atoms with Crippen LogP contribution in [0.5, 0.6) is 0 Å². The summed E-state index contributed by atoms with van der Waals surface area (Å²) in [4.78, 5) is 24.4. The van der Waals surface area contributed by atoms with Gasteiger partial charge in [-0.2, -0.15) is 5.10 Å². The van der Waals surface area contributed by atoms with Gasteiger partial charge in [-0.3, -0.25) is 10.1 Å². The summed E-state index contributed by atoms with van der Waals surface area (Å²) in [6.07, 6.45) is 5.25. The normalized spacial score (nSPS) is 10.8. The van der Waals surface area contributed by atoms with Crippen molar-refractivity contribution in [2.24, 2.45) is 0 Å². The van der Waals surface area contributed by atoms with Crippen molar-refractivity contribution >= 4 is 11.8 Å². The number of anilines is 1. The highest BCUT2D eigenvalue weighted by molar-refractivity contribution is 5.84. The van der Waals surface area contributed by atoms with E-state index in [1.807, 2.05) is 29.1 Å². The highest BCUT2D eigenvalue weighted by Gasteiger charge is 2.13. The maximum Gasteiger partial charge on any atom is 0.411 e. The van der Waals surface area contributed by atoms with Gasteiger partial charge < -0.3 is 9.30 Å². The van der Waals surface area contributed by atoms with Gasteiger partial charge in [-0.25, -0.2) is 22.6 Å². The van der Waals surface area contributed by atoms with Crippen LogP contribution >= 0.6 is 0 Å². The number of nitrogens with zero attached hydrogens (tertiary/aromatic N) is 3. The molecule has 0 bridgehead atoms. The van der Waals surface area contributed by atoms with Crippen molar-refractivity contribution in [3.05, 3.63) is 112 Å². The molecule has 0 saturated carbocycles. The van der Waals surface area contributed by atoms with Gasteiger partial charge >= 0.3 is 6.09 Å². The number of ether oxygens (including phenoxy) is 1. The Morgan fingerprint density at radius 3 is 2.46 bits per heavy atom. The lowest BCUT2D eigenvalue weighted by atomic mass is 10.1. The van der Waals surface area contributed by atoms with Crippen LogP contribution in [0.3, 0.4) is 0 Å². The molecule has 2 heterocycles. The zero-order valence-electron chi connectivity index (χ0n) is 18.5. The molecule has 180 valence electrons. The molecule has 0 aliphatic rings. The summed E-state index contributed by atoms with van der Waals surface area (Å²) in [5.74, 6) is -4.31. The third kappa shape index (κ3) is 6.17. The lowest BCUT2D eigenvalue weighted by Gasteiger charge is -2.10. The van der Waals surface area contributed by atoms with Crippen LogP contribution in [-0.2, 0) is 17.7 Å². The van der Waals surface area contributed by atoms with Crippen molar-refractivity contribution in [1.29, 1.82) is 0 Å². The van der Waals surface area contributed by atoms with Crippen molar-refractivity contribution in [2.45, 2.75) is 19.4 Å². The second-order valence-electron chi connectivity index (χ2n) is 7.71. The van der Waals surface area contributed by atoms with E-state index in [2.05, 4.69) is 10.4 Å². The molecule has 0 radical (unpaired) electrons. The highest BCUT2D eigenvalue weighted by atomic mass is 19.2. The first-order chi connectivity index (χ1) is 16.9. The Labute approximate surface area is 198 Å². The lowest BCUT2D eigenvalue weighted by molar-refractivity contribution is 0.158. The van der Waals surface area contributed by atoms with Crippen LogP contribution in [0.2, 0.25) is 0 Å². The van der Waals surface area contributed by atoms with E-state index < -0.39 is 23.5 Å². The first-order valence-corrected chi connectivity index (χ1v) is 10.8. The minimum absolute atomic E-state index is 0.0717. The van der Waals surface area contributed by atoms with Crippen molar-refractivity contribution in [2.75, 3.05) is 11.9 Å². The van der Waals surface area contributed by atoms with Gasteiger partial charge in [0.2, 0.25) is 5.43 Å². The van der Waals surface area contributed by atoms with Crippen molar-refractivity contribution in [1.82, 2.24) is 14.3 Å². The van der Waals surface area contributed by atoms with Gasteiger partial charge in [0.15, 0.2) is 17.5 Å².